The number of hydrogen-bond donors (Lipinski definition) is 0. The molecule has 2 heterocycles. The molecule has 2 aromatic heterocycles. The molecule has 0 saturated heterocycles. The molecule has 3 aromatic rings. The molecule has 4 rings (SSSR count). The van der Waals surface area contributed by atoms with Crippen molar-refractivity contribution in [2.75, 3.05) is 7.11 Å². The lowest BCUT2D eigenvalue weighted by Gasteiger charge is -2.08. The van der Waals surface area contributed by atoms with Gasteiger partial charge in [-0.2, -0.15) is 4.98 Å². The molecule has 1 aliphatic rings. The number of benzene rings is 1. The molecule has 1 fully saturated rings. The van der Waals surface area contributed by atoms with Gasteiger partial charge in [0.05, 0.1) is 13.7 Å². The average Bonchev–Trinajstić information content (AvgIpc) is 3.35. The topological polar surface area (TPSA) is 70.2 Å². The molecule has 0 aliphatic heterocycles. The van der Waals surface area contributed by atoms with E-state index in [1.54, 1.807) is 30.5 Å². The van der Waals surface area contributed by atoms with Crippen LogP contribution in [0.5, 0.6) is 5.75 Å². The summed E-state index contributed by atoms with van der Waals surface area (Å²) in [6, 6.07) is 8.00. The summed E-state index contributed by atoms with van der Waals surface area (Å²) in [7, 11) is 1.41. The van der Waals surface area contributed by atoms with E-state index in [1.807, 2.05) is 0 Å². The number of pyridine rings is 1. The summed E-state index contributed by atoms with van der Waals surface area (Å²) in [5.74, 6) is 0.938. The summed E-state index contributed by atoms with van der Waals surface area (Å²) >= 11 is 0. The third kappa shape index (κ3) is 3.05. The molecule has 6 nitrogen and oxygen atoms in total. The van der Waals surface area contributed by atoms with Crippen LogP contribution in [0.3, 0.4) is 0 Å². The van der Waals surface area contributed by atoms with Gasteiger partial charge in [-0.1, -0.05) is 11.2 Å². The maximum Gasteiger partial charge on any atom is 0.263 e. The van der Waals surface area contributed by atoms with E-state index in [4.69, 9.17) is 9.26 Å². The monoisotopic (exact) mass is 341 g/mol. The van der Waals surface area contributed by atoms with Gasteiger partial charge in [0.15, 0.2) is 17.4 Å². The van der Waals surface area contributed by atoms with Crippen molar-refractivity contribution in [1.82, 2.24) is 14.7 Å². The van der Waals surface area contributed by atoms with Crippen LogP contribution in [0.15, 0.2) is 45.8 Å². The van der Waals surface area contributed by atoms with Gasteiger partial charge in [0.2, 0.25) is 0 Å². The first-order chi connectivity index (χ1) is 12.2. The third-order valence-corrected chi connectivity index (χ3v) is 4.20. The van der Waals surface area contributed by atoms with E-state index in [1.165, 1.54) is 17.7 Å². The minimum Gasteiger partial charge on any atom is -0.494 e. The Kier molecular flexibility index (Phi) is 3.83. The second kappa shape index (κ2) is 6.16. The highest BCUT2D eigenvalue weighted by Crippen LogP contribution is 2.38. The number of ether oxygens (including phenoxy) is 1. The van der Waals surface area contributed by atoms with E-state index in [0.29, 0.717) is 22.9 Å². The fourth-order valence-corrected chi connectivity index (χ4v) is 2.68. The van der Waals surface area contributed by atoms with Crippen LogP contribution in [0, 0.1) is 5.82 Å². The largest absolute Gasteiger partial charge is 0.494 e. The quantitative estimate of drug-likeness (QED) is 0.713. The van der Waals surface area contributed by atoms with E-state index >= 15 is 0 Å². The zero-order chi connectivity index (χ0) is 17.4. The Morgan fingerprint density at radius 2 is 2.20 bits per heavy atom. The predicted octanol–water partition coefficient (Wildman–Crippen LogP) is 2.97. The number of hydrogen-bond acceptors (Lipinski definition) is 5. The molecule has 0 atom stereocenters. The highest BCUT2D eigenvalue weighted by atomic mass is 19.1. The Hall–Kier alpha value is -2.96. The summed E-state index contributed by atoms with van der Waals surface area (Å²) in [6.07, 6.45) is 3.76. The molecule has 7 heteroatoms. The molecule has 0 bridgehead atoms. The number of halogens is 1. The molecule has 0 spiro atoms. The van der Waals surface area contributed by atoms with Crippen molar-refractivity contribution in [2.45, 2.75) is 25.3 Å². The summed E-state index contributed by atoms with van der Waals surface area (Å²) in [4.78, 5) is 17.0. The Labute approximate surface area is 142 Å². The van der Waals surface area contributed by atoms with Gasteiger partial charge in [0, 0.05) is 12.1 Å². The second-order valence-electron chi connectivity index (χ2n) is 6.06. The molecule has 0 N–H and O–H groups in total. The first kappa shape index (κ1) is 15.6. The van der Waals surface area contributed by atoms with Gasteiger partial charge < -0.3 is 13.8 Å². The summed E-state index contributed by atoms with van der Waals surface area (Å²) in [5.41, 5.74) is 0.738. The number of aromatic nitrogens is 3. The van der Waals surface area contributed by atoms with Gasteiger partial charge in [-0.3, -0.25) is 4.79 Å². The van der Waals surface area contributed by atoms with Crippen LogP contribution in [0.2, 0.25) is 0 Å². The zero-order valence-corrected chi connectivity index (χ0v) is 13.6. The number of rotatable bonds is 5. The SMILES string of the molecule is COc1ccc(Cn2cccc(-c3nc(C4CC4)no3)c2=O)cc1F. The molecule has 0 unspecified atom stereocenters. The fraction of sp³-hybridized carbons (Fsp3) is 0.278. The molecule has 0 amide bonds. The van der Waals surface area contributed by atoms with Gasteiger partial charge in [0.1, 0.15) is 5.56 Å². The predicted molar refractivity (Wildman–Crippen MR) is 88.0 cm³/mol. The number of methoxy groups -OCH3 is 1. The van der Waals surface area contributed by atoms with Crippen LogP contribution in [0.4, 0.5) is 4.39 Å². The Balaban J connectivity index is 1.64. The first-order valence-electron chi connectivity index (χ1n) is 8.01. The lowest BCUT2D eigenvalue weighted by Crippen LogP contribution is -2.21. The minimum atomic E-state index is -0.463. The van der Waals surface area contributed by atoms with E-state index in [-0.39, 0.29) is 23.7 Å². The standard InChI is InChI=1S/C18H16FN3O3/c1-24-15-7-4-11(9-14(15)19)10-22-8-2-3-13(18(22)23)17-20-16(21-25-17)12-5-6-12/h2-4,7-9,12H,5-6,10H2,1H3. The lowest BCUT2D eigenvalue weighted by atomic mass is 10.2. The van der Waals surface area contributed by atoms with Crippen molar-refractivity contribution < 1.29 is 13.7 Å². The van der Waals surface area contributed by atoms with Crippen LogP contribution >= 0.6 is 0 Å². The highest BCUT2D eigenvalue weighted by Gasteiger charge is 2.29. The fourth-order valence-electron chi connectivity index (χ4n) is 2.68. The van der Waals surface area contributed by atoms with E-state index in [9.17, 15) is 9.18 Å². The molecule has 1 aromatic carbocycles. The van der Waals surface area contributed by atoms with Crippen LogP contribution in [0.1, 0.15) is 30.1 Å². The van der Waals surface area contributed by atoms with Crippen LogP contribution in [-0.2, 0) is 6.54 Å². The molecule has 0 radical (unpaired) electrons. The maximum absolute atomic E-state index is 13.8. The molecule has 1 aliphatic carbocycles. The second-order valence-corrected chi connectivity index (χ2v) is 6.06. The smallest absolute Gasteiger partial charge is 0.263 e. The normalized spacial score (nSPS) is 13.8. The average molecular weight is 341 g/mol. The van der Waals surface area contributed by atoms with E-state index < -0.39 is 5.82 Å². The van der Waals surface area contributed by atoms with Crippen molar-refractivity contribution in [1.29, 1.82) is 0 Å². The minimum absolute atomic E-state index is 0.170. The Morgan fingerprint density at radius 3 is 2.92 bits per heavy atom. The summed E-state index contributed by atoms with van der Waals surface area (Å²) < 4.78 is 25.5. The molecule has 25 heavy (non-hydrogen) atoms. The Morgan fingerprint density at radius 1 is 1.36 bits per heavy atom. The van der Waals surface area contributed by atoms with Crippen molar-refractivity contribution >= 4 is 0 Å². The first-order valence-corrected chi connectivity index (χ1v) is 8.01. The van der Waals surface area contributed by atoms with Crippen molar-refractivity contribution in [3.05, 3.63) is 64.1 Å². The van der Waals surface area contributed by atoms with Gasteiger partial charge >= 0.3 is 0 Å². The van der Waals surface area contributed by atoms with Crippen LogP contribution in [0.25, 0.3) is 11.5 Å². The molecular formula is C18H16FN3O3. The van der Waals surface area contributed by atoms with Gasteiger partial charge in [-0.05, 0) is 42.7 Å². The summed E-state index contributed by atoms with van der Waals surface area (Å²) in [5, 5.41) is 3.94. The molecule has 1 saturated carbocycles. The van der Waals surface area contributed by atoms with Crippen molar-refractivity contribution in [3.8, 4) is 17.2 Å². The molecular weight excluding hydrogens is 325 g/mol. The lowest BCUT2D eigenvalue weighted by molar-refractivity contribution is 0.386. The zero-order valence-electron chi connectivity index (χ0n) is 13.6. The van der Waals surface area contributed by atoms with Crippen LogP contribution in [-0.4, -0.2) is 21.8 Å². The van der Waals surface area contributed by atoms with E-state index in [0.717, 1.165) is 12.8 Å². The summed E-state index contributed by atoms with van der Waals surface area (Å²) in [6.45, 7) is 0.233. The van der Waals surface area contributed by atoms with Gasteiger partial charge in [-0.15, -0.1) is 0 Å². The van der Waals surface area contributed by atoms with Gasteiger partial charge in [-0.25, -0.2) is 4.39 Å². The van der Waals surface area contributed by atoms with Crippen molar-refractivity contribution in [2.24, 2.45) is 0 Å². The Bertz CT molecular complexity index is 976. The third-order valence-electron chi connectivity index (χ3n) is 4.20. The maximum atomic E-state index is 13.8. The number of nitrogens with zero attached hydrogens (tertiary/aromatic N) is 3. The van der Waals surface area contributed by atoms with E-state index in [2.05, 4.69) is 10.1 Å². The molecule has 128 valence electrons. The van der Waals surface area contributed by atoms with Crippen molar-refractivity contribution in [3.63, 3.8) is 0 Å². The highest BCUT2D eigenvalue weighted by molar-refractivity contribution is 5.51. The van der Waals surface area contributed by atoms with Crippen LogP contribution < -0.4 is 10.3 Å². The van der Waals surface area contributed by atoms with Gasteiger partial charge in [0.25, 0.3) is 11.4 Å².